The zero-order valence-corrected chi connectivity index (χ0v) is 19.0. The molecule has 0 bridgehead atoms. The quantitative estimate of drug-likeness (QED) is 0.709. The van der Waals surface area contributed by atoms with Crippen LogP contribution in [0.3, 0.4) is 0 Å². The van der Waals surface area contributed by atoms with Crippen LogP contribution in [0.4, 0.5) is 13.2 Å². The number of alkyl halides is 3. The van der Waals surface area contributed by atoms with E-state index in [0.29, 0.717) is 5.56 Å². The molecule has 178 valence electrons. The first kappa shape index (κ1) is 24.7. The number of amides is 2. The summed E-state index contributed by atoms with van der Waals surface area (Å²) in [7, 11) is -3.98. The van der Waals surface area contributed by atoms with Gasteiger partial charge in [0.15, 0.2) is 0 Å². The summed E-state index contributed by atoms with van der Waals surface area (Å²) >= 11 is 0. The van der Waals surface area contributed by atoms with E-state index in [-0.39, 0.29) is 49.4 Å². The lowest BCUT2D eigenvalue weighted by Crippen LogP contribution is -2.52. The smallest absolute Gasteiger partial charge is 0.343 e. The molecule has 0 saturated carbocycles. The molecule has 11 heteroatoms. The molecular formula is C22H24F3N3O4S. The second-order valence-corrected chi connectivity index (χ2v) is 9.73. The minimum absolute atomic E-state index is 0.000197. The van der Waals surface area contributed by atoms with Crippen molar-refractivity contribution >= 4 is 21.8 Å². The van der Waals surface area contributed by atoms with Crippen LogP contribution in [0.2, 0.25) is 0 Å². The Morgan fingerprint density at radius 3 is 2.09 bits per heavy atom. The minimum Gasteiger partial charge on any atom is -0.343 e. The number of halogens is 3. The largest absolute Gasteiger partial charge is 0.416 e. The second-order valence-electron chi connectivity index (χ2n) is 7.79. The topological polar surface area (TPSA) is 86.8 Å². The van der Waals surface area contributed by atoms with Gasteiger partial charge >= 0.3 is 6.18 Å². The van der Waals surface area contributed by atoms with E-state index in [2.05, 4.69) is 5.32 Å². The first-order chi connectivity index (χ1) is 15.4. The van der Waals surface area contributed by atoms with Gasteiger partial charge in [-0.15, -0.1) is 0 Å². The third-order valence-electron chi connectivity index (χ3n) is 5.58. The first-order valence-corrected chi connectivity index (χ1v) is 11.6. The number of aryl methyl sites for hydroxylation is 2. The predicted molar refractivity (Wildman–Crippen MR) is 115 cm³/mol. The average molecular weight is 484 g/mol. The normalized spacial score (nSPS) is 15.4. The molecule has 0 aliphatic carbocycles. The Hall–Kier alpha value is -2.92. The van der Waals surface area contributed by atoms with Crippen LogP contribution in [0.25, 0.3) is 0 Å². The molecule has 1 aliphatic rings. The summed E-state index contributed by atoms with van der Waals surface area (Å²) < 4.78 is 64.7. The van der Waals surface area contributed by atoms with Gasteiger partial charge in [0.25, 0.3) is 5.91 Å². The number of sulfonamides is 1. The van der Waals surface area contributed by atoms with Crippen molar-refractivity contribution in [1.29, 1.82) is 0 Å². The molecule has 0 spiro atoms. The van der Waals surface area contributed by atoms with Gasteiger partial charge in [-0.3, -0.25) is 9.59 Å². The van der Waals surface area contributed by atoms with E-state index in [1.165, 1.54) is 4.90 Å². The maximum atomic E-state index is 12.7. The number of benzene rings is 2. The molecule has 1 saturated heterocycles. The second kappa shape index (κ2) is 9.52. The van der Waals surface area contributed by atoms with E-state index in [1.807, 2.05) is 19.9 Å². The van der Waals surface area contributed by atoms with E-state index < -0.39 is 21.8 Å². The fourth-order valence-corrected chi connectivity index (χ4v) is 4.82. The van der Waals surface area contributed by atoms with Gasteiger partial charge in [-0.1, -0.05) is 6.07 Å². The first-order valence-electron chi connectivity index (χ1n) is 10.2. The lowest BCUT2D eigenvalue weighted by Gasteiger charge is -2.34. The van der Waals surface area contributed by atoms with Crippen molar-refractivity contribution in [3.8, 4) is 0 Å². The Balaban J connectivity index is 1.54. The standard InChI is InChI=1S/C22H24F3N3O4S/c1-15-3-4-17(13-16(15)2)21(30)26-14-20(29)27-9-11-28(12-10-27)33(31,32)19-7-5-18(6-8-19)22(23,24)25/h3-8,13H,9-12,14H2,1-2H3,(H,26,30). The van der Waals surface area contributed by atoms with Crippen LogP contribution >= 0.6 is 0 Å². The monoisotopic (exact) mass is 483 g/mol. The number of hydrogen-bond acceptors (Lipinski definition) is 4. The van der Waals surface area contributed by atoms with Crippen molar-refractivity contribution in [3.05, 3.63) is 64.7 Å². The van der Waals surface area contributed by atoms with Crippen molar-refractivity contribution in [2.45, 2.75) is 24.9 Å². The van der Waals surface area contributed by atoms with Gasteiger partial charge in [-0.05, 0) is 61.4 Å². The molecule has 1 heterocycles. The van der Waals surface area contributed by atoms with E-state index in [0.717, 1.165) is 39.7 Å². The lowest BCUT2D eigenvalue weighted by atomic mass is 10.1. The van der Waals surface area contributed by atoms with Crippen molar-refractivity contribution in [1.82, 2.24) is 14.5 Å². The number of rotatable bonds is 5. The van der Waals surface area contributed by atoms with Crippen LogP contribution in [0.15, 0.2) is 47.4 Å². The molecule has 33 heavy (non-hydrogen) atoms. The number of nitrogens with one attached hydrogen (secondary N) is 1. The molecule has 2 aromatic rings. The number of carbonyl (C=O) groups excluding carboxylic acids is 2. The van der Waals surface area contributed by atoms with Crippen LogP contribution in [-0.2, 0) is 21.0 Å². The summed E-state index contributed by atoms with van der Waals surface area (Å²) in [6.07, 6.45) is -4.55. The Bertz CT molecular complexity index is 1140. The summed E-state index contributed by atoms with van der Waals surface area (Å²) in [5.74, 6) is -0.728. The highest BCUT2D eigenvalue weighted by atomic mass is 32.2. The molecular weight excluding hydrogens is 459 g/mol. The summed E-state index contributed by atoms with van der Waals surface area (Å²) in [4.78, 5) is 25.9. The highest BCUT2D eigenvalue weighted by molar-refractivity contribution is 7.89. The highest BCUT2D eigenvalue weighted by Gasteiger charge is 2.33. The maximum Gasteiger partial charge on any atom is 0.416 e. The zero-order chi connectivity index (χ0) is 24.4. The maximum absolute atomic E-state index is 12.7. The third kappa shape index (κ3) is 5.72. The van der Waals surface area contributed by atoms with Crippen LogP contribution in [0, 0.1) is 13.8 Å². The minimum atomic E-state index is -4.55. The number of carbonyl (C=O) groups is 2. The van der Waals surface area contributed by atoms with Gasteiger partial charge < -0.3 is 10.2 Å². The van der Waals surface area contributed by atoms with Gasteiger partial charge in [0.2, 0.25) is 15.9 Å². The van der Waals surface area contributed by atoms with E-state index in [1.54, 1.807) is 12.1 Å². The van der Waals surface area contributed by atoms with Crippen molar-refractivity contribution in [3.63, 3.8) is 0 Å². The number of piperazine rings is 1. The Morgan fingerprint density at radius 1 is 0.939 bits per heavy atom. The highest BCUT2D eigenvalue weighted by Crippen LogP contribution is 2.30. The van der Waals surface area contributed by atoms with Crippen LogP contribution < -0.4 is 5.32 Å². The Kier molecular flexibility index (Phi) is 7.13. The molecule has 1 fully saturated rings. The number of hydrogen-bond donors (Lipinski definition) is 1. The molecule has 2 amide bonds. The summed E-state index contributed by atoms with van der Waals surface area (Å²) in [5, 5.41) is 2.57. The molecule has 0 aromatic heterocycles. The van der Waals surface area contributed by atoms with Crippen LogP contribution in [0.1, 0.15) is 27.0 Å². The van der Waals surface area contributed by atoms with Gasteiger partial charge in [-0.25, -0.2) is 8.42 Å². The van der Waals surface area contributed by atoms with Crippen LogP contribution in [0.5, 0.6) is 0 Å². The Morgan fingerprint density at radius 2 is 1.55 bits per heavy atom. The van der Waals surface area contributed by atoms with Gasteiger partial charge in [-0.2, -0.15) is 17.5 Å². The Labute approximate surface area is 190 Å². The number of nitrogens with zero attached hydrogens (tertiary/aromatic N) is 2. The van der Waals surface area contributed by atoms with Crippen LogP contribution in [-0.4, -0.2) is 62.2 Å². The third-order valence-corrected chi connectivity index (χ3v) is 7.49. The lowest BCUT2D eigenvalue weighted by molar-refractivity contribution is -0.137. The van der Waals surface area contributed by atoms with Gasteiger partial charge in [0, 0.05) is 31.7 Å². The zero-order valence-electron chi connectivity index (χ0n) is 18.1. The summed E-state index contributed by atoms with van der Waals surface area (Å²) in [6.45, 7) is 3.81. The predicted octanol–water partition coefficient (Wildman–Crippen LogP) is 2.59. The van der Waals surface area contributed by atoms with Gasteiger partial charge in [0.05, 0.1) is 17.0 Å². The fourth-order valence-electron chi connectivity index (χ4n) is 3.40. The fraction of sp³-hybridized carbons (Fsp3) is 0.364. The molecule has 0 unspecified atom stereocenters. The average Bonchev–Trinajstić information content (AvgIpc) is 2.78. The van der Waals surface area contributed by atoms with Crippen molar-refractivity contribution in [2.75, 3.05) is 32.7 Å². The van der Waals surface area contributed by atoms with E-state index >= 15 is 0 Å². The molecule has 2 aromatic carbocycles. The molecule has 7 nitrogen and oxygen atoms in total. The SMILES string of the molecule is Cc1ccc(C(=O)NCC(=O)N2CCN(S(=O)(=O)c3ccc(C(F)(F)F)cc3)CC2)cc1C. The summed E-state index contributed by atoms with van der Waals surface area (Å²) in [5.41, 5.74) is 1.52. The van der Waals surface area contributed by atoms with Crippen molar-refractivity contribution < 1.29 is 31.2 Å². The molecule has 0 atom stereocenters. The van der Waals surface area contributed by atoms with E-state index in [4.69, 9.17) is 0 Å². The van der Waals surface area contributed by atoms with E-state index in [9.17, 15) is 31.2 Å². The molecule has 0 radical (unpaired) electrons. The van der Waals surface area contributed by atoms with Crippen molar-refractivity contribution in [2.24, 2.45) is 0 Å². The summed E-state index contributed by atoms with van der Waals surface area (Å²) in [6, 6.07) is 8.54. The molecule has 3 rings (SSSR count). The van der Waals surface area contributed by atoms with Gasteiger partial charge in [0.1, 0.15) is 0 Å². The molecule has 1 aliphatic heterocycles. The molecule has 1 N–H and O–H groups in total.